The number of hydrogen-bond acceptors (Lipinski definition) is 2. The van der Waals surface area contributed by atoms with E-state index in [2.05, 4.69) is 48.8 Å². The molecule has 0 radical (unpaired) electrons. The Balaban J connectivity index is 1.54. The van der Waals surface area contributed by atoms with Crippen molar-refractivity contribution in [3.05, 3.63) is 35.2 Å². The summed E-state index contributed by atoms with van der Waals surface area (Å²) in [5.74, 6) is 0. The molecule has 0 spiro atoms. The minimum absolute atomic E-state index is 0.435. The van der Waals surface area contributed by atoms with Crippen LogP contribution in [0.4, 0.5) is 0 Å². The summed E-state index contributed by atoms with van der Waals surface area (Å²) in [6, 6.07) is 9.63. The number of fused-ring (bicyclic) bond motifs is 1. The smallest absolute Gasteiger partial charge is 0.0345 e. The minimum Gasteiger partial charge on any atom is -0.314 e. The van der Waals surface area contributed by atoms with Crippen molar-refractivity contribution in [2.75, 3.05) is 6.54 Å². The molecule has 0 unspecified atom stereocenters. The molecule has 20 heavy (non-hydrogen) atoms. The van der Waals surface area contributed by atoms with Crippen LogP contribution in [0.25, 0.3) is 10.1 Å². The van der Waals surface area contributed by atoms with Crippen LogP contribution in [0.1, 0.15) is 45.1 Å². The molecule has 0 atom stereocenters. The fraction of sp³-hybridized carbons (Fsp3) is 0.556. The van der Waals surface area contributed by atoms with Gasteiger partial charge in [0.2, 0.25) is 0 Å². The summed E-state index contributed by atoms with van der Waals surface area (Å²) >= 11 is 1.88. The Kier molecular flexibility index (Phi) is 4.13. The van der Waals surface area contributed by atoms with Crippen LogP contribution in [0.3, 0.4) is 0 Å². The van der Waals surface area contributed by atoms with Gasteiger partial charge in [-0.25, -0.2) is 0 Å². The molecule has 2 heteroatoms. The van der Waals surface area contributed by atoms with Gasteiger partial charge >= 0.3 is 0 Å². The van der Waals surface area contributed by atoms with Gasteiger partial charge in [0.15, 0.2) is 0 Å². The van der Waals surface area contributed by atoms with Crippen molar-refractivity contribution in [1.29, 1.82) is 0 Å². The number of benzene rings is 1. The first-order chi connectivity index (χ1) is 9.64. The van der Waals surface area contributed by atoms with Crippen LogP contribution in [0.5, 0.6) is 0 Å². The van der Waals surface area contributed by atoms with Gasteiger partial charge in [-0.3, -0.25) is 0 Å². The molecular weight excluding hydrogens is 262 g/mol. The Labute approximate surface area is 126 Å². The zero-order valence-corrected chi connectivity index (χ0v) is 13.4. The minimum atomic E-state index is 0.435. The number of aryl methyl sites for hydroxylation is 1. The lowest BCUT2D eigenvalue weighted by atomic mass is 9.83. The van der Waals surface area contributed by atoms with Crippen molar-refractivity contribution in [1.82, 2.24) is 5.32 Å². The van der Waals surface area contributed by atoms with Gasteiger partial charge in [-0.15, -0.1) is 11.3 Å². The van der Waals surface area contributed by atoms with E-state index in [4.69, 9.17) is 0 Å². The van der Waals surface area contributed by atoms with E-state index in [0.29, 0.717) is 5.41 Å². The predicted octanol–water partition coefficient (Wildman–Crippen LogP) is 5.00. The second-order valence-electron chi connectivity index (χ2n) is 6.90. The quantitative estimate of drug-likeness (QED) is 0.755. The van der Waals surface area contributed by atoms with Crippen LogP contribution in [0.2, 0.25) is 0 Å². The molecule has 1 nitrogen and oxygen atoms in total. The number of nitrogens with one attached hydrogen (secondary N) is 1. The lowest BCUT2D eigenvalue weighted by molar-refractivity contribution is 0.302. The van der Waals surface area contributed by atoms with E-state index in [1.54, 1.807) is 0 Å². The Morgan fingerprint density at radius 2 is 2.00 bits per heavy atom. The largest absolute Gasteiger partial charge is 0.314 e. The Morgan fingerprint density at radius 1 is 1.20 bits per heavy atom. The molecule has 1 saturated carbocycles. The monoisotopic (exact) mass is 287 g/mol. The van der Waals surface area contributed by atoms with Crippen LogP contribution in [0, 0.1) is 5.41 Å². The first kappa shape index (κ1) is 14.1. The summed E-state index contributed by atoms with van der Waals surface area (Å²) in [7, 11) is 0. The van der Waals surface area contributed by atoms with Gasteiger partial charge in [-0.1, -0.05) is 32.0 Å². The molecule has 0 bridgehead atoms. The third-order valence-corrected chi connectivity index (χ3v) is 5.46. The molecule has 0 amide bonds. The summed E-state index contributed by atoms with van der Waals surface area (Å²) in [6.07, 6.45) is 6.55. The maximum absolute atomic E-state index is 3.64. The zero-order chi connectivity index (χ0) is 14.0. The van der Waals surface area contributed by atoms with Gasteiger partial charge in [-0.05, 0) is 66.5 Å². The maximum atomic E-state index is 3.64. The average molecular weight is 287 g/mol. The van der Waals surface area contributed by atoms with Gasteiger partial charge in [0, 0.05) is 10.7 Å². The Hall–Kier alpha value is -0.860. The van der Waals surface area contributed by atoms with Crippen molar-refractivity contribution in [3.63, 3.8) is 0 Å². The summed E-state index contributed by atoms with van der Waals surface area (Å²) in [5, 5.41) is 7.45. The molecule has 108 valence electrons. The number of thiophene rings is 1. The SMILES string of the molecule is CC(C)(CCNC1CC1)CCc1csc2ccccc12. The Morgan fingerprint density at radius 3 is 2.80 bits per heavy atom. The molecule has 1 aromatic carbocycles. The van der Waals surface area contributed by atoms with Gasteiger partial charge in [-0.2, -0.15) is 0 Å². The summed E-state index contributed by atoms with van der Waals surface area (Å²) in [5.41, 5.74) is 1.97. The van der Waals surface area contributed by atoms with E-state index in [0.717, 1.165) is 6.04 Å². The van der Waals surface area contributed by atoms with Crippen LogP contribution >= 0.6 is 11.3 Å². The lowest BCUT2D eigenvalue weighted by Gasteiger charge is -2.24. The molecule has 1 aliphatic carbocycles. The van der Waals surface area contributed by atoms with Crippen LogP contribution in [0.15, 0.2) is 29.6 Å². The summed E-state index contributed by atoms with van der Waals surface area (Å²) in [4.78, 5) is 0. The molecule has 1 aliphatic rings. The van der Waals surface area contributed by atoms with Crippen molar-refractivity contribution in [2.24, 2.45) is 5.41 Å². The summed E-state index contributed by atoms with van der Waals surface area (Å²) < 4.78 is 1.43. The molecular formula is C18H25NS. The molecule has 1 fully saturated rings. The maximum Gasteiger partial charge on any atom is 0.0345 e. The molecule has 3 rings (SSSR count). The standard InChI is InChI=1S/C18H25NS/c1-18(2,11-12-19-15-7-8-15)10-9-14-13-20-17-6-4-3-5-16(14)17/h3-6,13,15,19H,7-12H2,1-2H3. The first-order valence-corrected chi connectivity index (χ1v) is 8.70. The van der Waals surface area contributed by atoms with Gasteiger partial charge in [0.05, 0.1) is 0 Å². The lowest BCUT2D eigenvalue weighted by Crippen LogP contribution is -2.24. The van der Waals surface area contributed by atoms with Crippen molar-refractivity contribution >= 4 is 21.4 Å². The molecule has 0 aliphatic heterocycles. The molecule has 1 heterocycles. The molecule has 2 aromatic rings. The predicted molar refractivity (Wildman–Crippen MR) is 89.6 cm³/mol. The fourth-order valence-corrected chi connectivity index (χ4v) is 3.72. The van der Waals surface area contributed by atoms with Crippen LogP contribution in [-0.2, 0) is 6.42 Å². The van der Waals surface area contributed by atoms with Crippen molar-refractivity contribution in [2.45, 2.75) is 52.0 Å². The highest BCUT2D eigenvalue weighted by atomic mass is 32.1. The van der Waals surface area contributed by atoms with Gasteiger partial charge in [0.25, 0.3) is 0 Å². The zero-order valence-electron chi connectivity index (χ0n) is 12.6. The van der Waals surface area contributed by atoms with Crippen LogP contribution < -0.4 is 5.32 Å². The van der Waals surface area contributed by atoms with E-state index in [1.165, 1.54) is 54.3 Å². The van der Waals surface area contributed by atoms with E-state index in [-0.39, 0.29) is 0 Å². The van der Waals surface area contributed by atoms with Crippen molar-refractivity contribution in [3.8, 4) is 0 Å². The highest BCUT2D eigenvalue weighted by Crippen LogP contribution is 2.32. The number of rotatable bonds is 7. The summed E-state index contributed by atoms with van der Waals surface area (Å²) in [6.45, 7) is 6.01. The van der Waals surface area contributed by atoms with Crippen molar-refractivity contribution < 1.29 is 0 Å². The molecule has 1 aromatic heterocycles. The van der Waals surface area contributed by atoms with Gasteiger partial charge in [0.1, 0.15) is 0 Å². The average Bonchev–Trinajstić information content (AvgIpc) is 3.15. The second kappa shape index (κ2) is 5.87. The van der Waals surface area contributed by atoms with E-state index in [9.17, 15) is 0 Å². The van der Waals surface area contributed by atoms with E-state index >= 15 is 0 Å². The number of hydrogen-bond donors (Lipinski definition) is 1. The third kappa shape index (κ3) is 3.62. The second-order valence-corrected chi connectivity index (χ2v) is 7.81. The molecule has 0 saturated heterocycles. The fourth-order valence-electron chi connectivity index (χ4n) is 2.73. The van der Waals surface area contributed by atoms with Gasteiger partial charge < -0.3 is 5.32 Å². The van der Waals surface area contributed by atoms with Crippen LogP contribution in [-0.4, -0.2) is 12.6 Å². The van der Waals surface area contributed by atoms with E-state index < -0.39 is 0 Å². The molecule has 1 N–H and O–H groups in total. The highest BCUT2D eigenvalue weighted by Gasteiger charge is 2.23. The normalized spacial score (nSPS) is 15.9. The first-order valence-electron chi connectivity index (χ1n) is 7.83. The third-order valence-electron chi connectivity index (χ3n) is 4.44. The van der Waals surface area contributed by atoms with E-state index in [1.807, 2.05) is 11.3 Å². The topological polar surface area (TPSA) is 12.0 Å². The Bertz CT molecular complexity index is 566. The highest BCUT2D eigenvalue weighted by molar-refractivity contribution is 7.17.